The van der Waals surface area contributed by atoms with Gasteiger partial charge in [0.15, 0.2) is 0 Å². The molecule has 1 saturated heterocycles. The average Bonchev–Trinajstić information content (AvgIpc) is 2.99. The Morgan fingerprint density at radius 1 is 0.656 bits per heavy atom. The standard InChI is InChI=1S/C27H38N2O3/c1-26(2,3)21-13-9-19(10-14-21)23-24(20-11-15-22(16-12-20)27(4,5)6)29(18-32-8)25(30)28(23)17-31-7/h9-16,23-24H,17-18H2,1-8H3. The zero-order valence-corrected chi connectivity index (χ0v) is 20.8. The fraction of sp³-hybridized carbons (Fsp3) is 0.519. The summed E-state index contributed by atoms with van der Waals surface area (Å²) in [5.74, 6) is 0. The Morgan fingerprint density at radius 3 is 1.22 bits per heavy atom. The van der Waals surface area contributed by atoms with E-state index in [1.807, 2.05) is 0 Å². The van der Waals surface area contributed by atoms with Crippen LogP contribution in [0.25, 0.3) is 0 Å². The first-order valence-corrected chi connectivity index (χ1v) is 11.2. The number of ether oxygens (including phenoxy) is 2. The molecule has 174 valence electrons. The topological polar surface area (TPSA) is 42.0 Å². The zero-order chi connectivity index (χ0) is 23.7. The van der Waals surface area contributed by atoms with Crippen molar-refractivity contribution in [2.45, 2.75) is 64.5 Å². The maximum absolute atomic E-state index is 13.4. The SMILES string of the molecule is COCN1C(=O)N(COC)C(c2ccc(C(C)(C)C)cc2)C1c1ccc(C(C)(C)C)cc1. The lowest BCUT2D eigenvalue weighted by molar-refractivity contribution is 0.0657. The molecule has 0 spiro atoms. The lowest BCUT2D eigenvalue weighted by atomic mass is 9.84. The van der Waals surface area contributed by atoms with Gasteiger partial charge in [0.25, 0.3) is 0 Å². The van der Waals surface area contributed by atoms with Crippen LogP contribution in [0.1, 0.15) is 75.9 Å². The van der Waals surface area contributed by atoms with Crippen molar-refractivity contribution in [3.8, 4) is 0 Å². The molecule has 0 N–H and O–H groups in total. The van der Waals surface area contributed by atoms with Gasteiger partial charge in [-0.25, -0.2) is 4.79 Å². The van der Waals surface area contributed by atoms with Crippen LogP contribution in [0.2, 0.25) is 0 Å². The summed E-state index contributed by atoms with van der Waals surface area (Å²) in [7, 11) is 3.25. The highest BCUT2D eigenvalue weighted by atomic mass is 16.5. The maximum Gasteiger partial charge on any atom is 0.324 e. The molecule has 32 heavy (non-hydrogen) atoms. The van der Waals surface area contributed by atoms with E-state index in [-0.39, 0.29) is 42.4 Å². The molecule has 1 fully saturated rings. The van der Waals surface area contributed by atoms with Crippen molar-refractivity contribution in [1.82, 2.24) is 9.80 Å². The van der Waals surface area contributed by atoms with Crippen molar-refractivity contribution in [1.29, 1.82) is 0 Å². The number of methoxy groups -OCH3 is 2. The van der Waals surface area contributed by atoms with Crippen LogP contribution in [0.4, 0.5) is 4.79 Å². The van der Waals surface area contributed by atoms with Crippen molar-refractivity contribution in [2.75, 3.05) is 27.7 Å². The lowest BCUT2D eigenvalue weighted by Gasteiger charge is -2.29. The van der Waals surface area contributed by atoms with Gasteiger partial charge in [0.05, 0.1) is 12.1 Å². The van der Waals surface area contributed by atoms with Gasteiger partial charge in [0.1, 0.15) is 13.5 Å². The minimum absolute atomic E-state index is 0.0700. The van der Waals surface area contributed by atoms with Gasteiger partial charge in [-0.2, -0.15) is 0 Å². The van der Waals surface area contributed by atoms with Crippen molar-refractivity contribution in [2.24, 2.45) is 0 Å². The summed E-state index contributed by atoms with van der Waals surface area (Å²) in [6.45, 7) is 13.7. The minimum atomic E-state index is -0.174. The van der Waals surface area contributed by atoms with Crippen LogP contribution < -0.4 is 0 Å². The highest BCUT2D eigenvalue weighted by Crippen LogP contribution is 2.45. The van der Waals surface area contributed by atoms with E-state index in [2.05, 4.69) is 90.1 Å². The third kappa shape index (κ3) is 4.84. The molecule has 1 aliphatic heterocycles. The van der Waals surface area contributed by atoms with Crippen LogP contribution in [0.15, 0.2) is 48.5 Å². The fourth-order valence-electron chi connectivity index (χ4n) is 4.38. The second-order valence-electron chi connectivity index (χ2n) is 10.7. The van der Waals surface area contributed by atoms with E-state index in [1.165, 1.54) is 11.1 Å². The molecule has 0 aliphatic carbocycles. The summed E-state index contributed by atoms with van der Waals surface area (Å²) < 4.78 is 10.9. The molecule has 0 aromatic heterocycles. The summed E-state index contributed by atoms with van der Waals surface area (Å²) in [5.41, 5.74) is 4.85. The lowest BCUT2D eigenvalue weighted by Crippen LogP contribution is -2.35. The number of hydrogen-bond donors (Lipinski definition) is 0. The Bertz CT molecular complexity index is 832. The van der Waals surface area contributed by atoms with E-state index in [9.17, 15) is 4.79 Å². The number of benzene rings is 2. The van der Waals surface area contributed by atoms with Gasteiger partial charge >= 0.3 is 6.03 Å². The van der Waals surface area contributed by atoms with Crippen LogP contribution in [0.5, 0.6) is 0 Å². The predicted octanol–water partition coefficient (Wildman–Crippen LogP) is 6.01. The van der Waals surface area contributed by atoms with Crippen LogP contribution >= 0.6 is 0 Å². The van der Waals surface area contributed by atoms with Crippen molar-refractivity contribution in [3.05, 3.63) is 70.8 Å². The van der Waals surface area contributed by atoms with Crippen molar-refractivity contribution >= 4 is 6.03 Å². The molecule has 1 heterocycles. The highest BCUT2D eigenvalue weighted by molar-refractivity contribution is 5.78. The first-order chi connectivity index (χ1) is 15.0. The number of carbonyl (C=O) groups excluding carboxylic acids is 1. The Morgan fingerprint density at radius 2 is 0.969 bits per heavy atom. The fourth-order valence-corrected chi connectivity index (χ4v) is 4.38. The largest absolute Gasteiger partial charge is 0.364 e. The molecular formula is C27H38N2O3. The van der Waals surface area contributed by atoms with Gasteiger partial charge < -0.3 is 9.47 Å². The zero-order valence-electron chi connectivity index (χ0n) is 20.8. The van der Waals surface area contributed by atoms with Gasteiger partial charge in [0, 0.05) is 14.2 Å². The summed E-state index contributed by atoms with van der Waals surface area (Å²) >= 11 is 0. The summed E-state index contributed by atoms with van der Waals surface area (Å²) in [6, 6.07) is 16.8. The molecule has 2 atom stereocenters. The van der Waals surface area contributed by atoms with E-state index in [0.29, 0.717) is 0 Å². The van der Waals surface area contributed by atoms with Gasteiger partial charge in [-0.3, -0.25) is 9.80 Å². The smallest absolute Gasteiger partial charge is 0.324 e. The number of hydrogen-bond acceptors (Lipinski definition) is 3. The average molecular weight is 439 g/mol. The van der Waals surface area contributed by atoms with Crippen LogP contribution in [-0.4, -0.2) is 43.5 Å². The number of rotatable bonds is 6. The monoisotopic (exact) mass is 438 g/mol. The Balaban J connectivity index is 2.09. The second kappa shape index (κ2) is 9.24. The number of carbonyl (C=O) groups is 1. The molecule has 2 aromatic rings. The van der Waals surface area contributed by atoms with Crippen molar-refractivity contribution in [3.63, 3.8) is 0 Å². The highest BCUT2D eigenvalue weighted by Gasteiger charge is 2.47. The Labute approximate surface area is 193 Å². The maximum atomic E-state index is 13.4. The predicted molar refractivity (Wildman–Crippen MR) is 129 cm³/mol. The summed E-state index contributed by atoms with van der Waals surface area (Å²) in [5, 5.41) is 0. The third-order valence-corrected chi connectivity index (χ3v) is 6.23. The minimum Gasteiger partial charge on any atom is -0.364 e. The molecule has 0 saturated carbocycles. The Kier molecular flexibility index (Phi) is 7.01. The molecular weight excluding hydrogens is 400 g/mol. The van der Waals surface area contributed by atoms with Gasteiger partial charge in [0.2, 0.25) is 0 Å². The molecule has 5 nitrogen and oxygen atoms in total. The molecule has 0 bridgehead atoms. The number of nitrogens with zero attached hydrogens (tertiary/aromatic N) is 2. The molecule has 2 amide bonds. The molecule has 2 unspecified atom stereocenters. The summed E-state index contributed by atoms with van der Waals surface area (Å²) in [4.78, 5) is 17.0. The second-order valence-corrected chi connectivity index (χ2v) is 10.7. The molecule has 3 rings (SSSR count). The first kappa shape index (κ1) is 24.3. The molecule has 5 heteroatoms. The molecule has 0 radical (unpaired) electrons. The van der Waals surface area contributed by atoms with Crippen LogP contribution in [0.3, 0.4) is 0 Å². The van der Waals surface area contributed by atoms with Crippen LogP contribution in [-0.2, 0) is 20.3 Å². The first-order valence-electron chi connectivity index (χ1n) is 11.2. The van der Waals surface area contributed by atoms with E-state index >= 15 is 0 Å². The number of urea groups is 1. The summed E-state index contributed by atoms with van der Waals surface area (Å²) in [6.07, 6.45) is 0. The van der Waals surface area contributed by atoms with Gasteiger partial charge in [-0.1, -0.05) is 90.1 Å². The van der Waals surface area contributed by atoms with E-state index < -0.39 is 0 Å². The van der Waals surface area contributed by atoms with Gasteiger partial charge in [-0.05, 0) is 33.1 Å². The van der Waals surface area contributed by atoms with E-state index in [0.717, 1.165) is 11.1 Å². The normalized spacial score (nSPS) is 19.7. The Hall–Kier alpha value is -2.37. The van der Waals surface area contributed by atoms with Crippen LogP contribution in [0, 0.1) is 0 Å². The van der Waals surface area contributed by atoms with E-state index in [1.54, 1.807) is 24.0 Å². The third-order valence-electron chi connectivity index (χ3n) is 6.23. The van der Waals surface area contributed by atoms with Gasteiger partial charge in [-0.15, -0.1) is 0 Å². The quantitative estimate of drug-likeness (QED) is 0.555. The van der Waals surface area contributed by atoms with E-state index in [4.69, 9.17) is 9.47 Å². The number of amides is 2. The molecule has 1 aliphatic rings. The van der Waals surface area contributed by atoms with Crippen molar-refractivity contribution < 1.29 is 14.3 Å². The molecule has 2 aromatic carbocycles.